The van der Waals surface area contributed by atoms with Gasteiger partial charge in [0, 0.05) is 6.54 Å². The summed E-state index contributed by atoms with van der Waals surface area (Å²) >= 11 is 0. The Hall–Kier alpha value is -0.980. The highest BCUT2D eigenvalue weighted by molar-refractivity contribution is 5.83. The van der Waals surface area contributed by atoms with Crippen LogP contribution in [0, 0.1) is 5.92 Å². The maximum absolute atomic E-state index is 12.7. The van der Waals surface area contributed by atoms with Gasteiger partial charge in [-0.2, -0.15) is 13.2 Å². The average molecular weight is 253 g/mol. The van der Waals surface area contributed by atoms with Crippen molar-refractivity contribution >= 4 is 5.84 Å². The molecule has 1 aliphatic rings. The monoisotopic (exact) mass is 253 g/mol. The Balaban J connectivity index is 2.65. The molecule has 1 fully saturated rings. The van der Waals surface area contributed by atoms with Crippen LogP contribution in [-0.4, -0.2) is 41.8 Å². The van der Waals surface area contributed by atoms with Gasteiger partial charge in [-0.3, -0.25) is 0 Å². The van der Waals surface area contributed by atoms with Crippen molar-refractivity contribution in [2.75, 3.05) is 19.6 Å². The normalized spacial score (nSPS) is 22.2. The summed E-state index contributed by atoms with van der Waals surface area (Å²) in [7, 11) is 0. The molecule has 100 valence electrons. The van der Waals surface area contributed by atoms with Gasteiger partial charge >= 0.3 is 6.18 Å². The molecule has 1 unspecified atom stereocenters. The number of rotatable bonds is 3. The molecule has 0 spiro atoms. The predicted octanol–water partition coefficient (Wildman–Crippen LogP) is 1.79. The molecular formula is C10H18F3N3O. The third-order valence-electron chi connectivity index (χ3n) is 3.01. The Kier molecular flexibility index (Phi) is 5.04. The second-order valence-electron chi connectivity index (χ2n) is 4.33. The number of amidine groups is 1. The van der Waals surface area contributed by atoms with Crippen LogP contribution in [0.25, 0.3) is 0 Å². The molecule has 0 aromatic heterocycles. The van der Waals surface area contributed by atoms with Gasteiger partial charge < -0.3 is 15.8 Å². The lowest BCUT2D eigenvalue weighted by Crippen LogP contribution is -2.44. The first-order chi connectivity index (χ1) is 7.95. The number of likely N-dealkylation sites (tertiary alicyclic amines) is 1. The highest BCUT2D eigenvalue weighted by Crippen LogP contribution is 2.28. The molecule has 0 amide bonds. The van der Waals surface area contributed by atoms with E-state index in [4.69, 9.17) is 10.9 Å². The van der Waals surface area contributed by atoms with Crippen molar-refractivity contribution in [1.82, 2.24) is 4.90 Å². The zero-order valence-corrected chi connectivity index (χ0v) is 9.58. The highest BCUT2D eigenvalue weighted by atomic mass is 19.4. The standard InChI is InChI=1S/C10H18F3N3O/c11-10(12,13)8(9(14)15-17)7-16-5-3-1-2-4-6-16/h8,17H,1-7H2,(H2,14,15). The Morgan fingerprint density at radius 1 is 1.24 bits per heavy atom. The molecule has 4 nitrogen and oxygen atoms in total. The van der Waals surface area contributed by atoms with E-state index in [9.17, 15) is 13.2 Å². The molecule has 1 heterocycles. The molecular weight excluding hydrogens is 235 g/mol. The third kappa shape index (κ3) is 4.41. The Labute approximate surface area is 98.3 Å². The SMILES string of the molecule is NC(=NO)C(CN1CCCCCC1)C(F)(F)F. The second kappa shape index (κ2) is 6.09. The van der Waals surface area contributed by atoms with E-state index in [-0.39, 0.29) is 6.54 Å². The number of nitrogens with two attached hydrogens (primary N) is 1. The van der Waals surface area contributed by atoms with Gasteiger partial charge in [0.2, 0.25) is 0 Å². The fourth-order valence-corrected chi connectivity index (χ4v) is 2.01. The zero-order valence-electron chi connectivity index (χ0n) is 9.58. The molecule has 0 radical (unpaired) electrons. The minimum Gasteiger partial charge on any atom is -0.409 e. The van der Waals surface area contributed by atoms with Crippen molar-refractivity contribution < 1.29 is 18.4 Å². The topological polar surface area (TPSA) is 61.9 Å². The molecule has 3 N–H and O–H groups in total. The van der Waals surface area contributed by atoms with E-state index >= 15 is 0 Å². The van der Waals surface area contributed by atoms with E-state index in [1.807, 2.05) is 0 Å². The van der Waals surface area contributed by atoms with Gasteiger partial charge in [-0.25, -0.2) is 0 Å². The predicted molar refractivity (Wildman–Crippen MR) is 57.9 cm³/mol. The van der Waals surface area contributed by atoms with E-state index in [0.29, 0.717) is 13.1 Å². The Bertz CT molecular complexity index is 260. The maximum Gasteiger partial charge on any atom is 0.400 e. The summed E-state index contributed by atoms with van der Waals surface area (Å²) in [6, 6.07) is 0. The molecule has 1 atom stereocenters. The lowest BCUT2D eigenvalue weighted by molar-refractivity contribution is -0.160. The van der Waals surface area contributed by atoms with Gasteiger partial charge in [0.25, 0.3) is 0 Å². The van der Waals surface area contributed by atoms with Crippen LogP contribution in [0.15, 0.2) is 5.16 Å². The van der Waals surface area contributed by atoms with Gasteiger partial charge in [-0.1, -0.05) is 18.0 Å². The van der Waals surface area contributed by atoms with Gasteiger partial charge in [0.05, 0.1) is 0 Å². The van der Waals surface area contributed by atoms with Crippen LogP contribution in [-0.2, 0) is 0 Å². The molecule has 17 heavy (non-hydrogen) atoms. The fraction of sp³-hybridized carbons (Fsp3) is 0.900. The van der Waals surface area contributed by atoms with Crippen LogP contribution in [0.2, 0.25) is 0 Å². The van der Waals surface area contributed by atoms with Crippen molar-refractivity contribution in [2.24, 2.45) is 16.8 Å². The van der Waals surface area contributed by atoms with Gasteiger partial charge in [-0.15, -0.1) is 0 Å². The first-order valence-corrected chi connectivity index (χ1v) is 5.71. The first-order valence-electron chi connectivity index (χ1n) is 5.71. The zero-order chi connectivity index (χ0) is 12.9. The van der Waals surface area contributed by atoms with E-state index in [1.54, 1.807) is 4.90 Å². The highest BCUT2D eigenvalue weighted by Gasteiger charge is 2.43. The summed E-state index contributed by atoms with van der Waals surface area (Å²) in [6.07, 6.45) is -0.558. The molecule has 0 aliphatic carbocycles. The molecule has 1 aliphatic heterocycles. The summed E-state index contributed by atoms with van der Waals surface area (Å²) in [4.78, 5) is 1.74. The van der Waals surface area contributed by atoms with Crippen molar-refractivity contribution in [2.45, 2.75) is 31.9 Å². The number of hydrogen-bond acceptors (Lipinski definition) is 3. The number of hydrogen-bond donors (Lipinski definition) is 2. The van der Waals surface area contributed by atoms with Gasteiger partial charge in [0.15, 0.2) is 5.84 Å². The first kappa shape index (κ1) is 14.1. The van der Waals surface area contributed by atoms with Gasteiger partial charge in [0.1, 0.15) is 5.92 Å². The molecule has 0 bridgehead atoms. The van der Waals surface area contributed by atoms with Crippen LogP contribution in [0.4, 0.5) is 13.2 Å². The summed E-state index contributed by atoms with van der Waals surface area (Å²) < 4.78 is 38.1. The number of oxime groups is 1. The minimum atomic E-state index is -4.47. The van der Waals surface area contributed by atoms with Crippen molar-refractivity contribution in [3.05, 3.63) is 0 Å². The summed E-state index contributed by atoms with van der Waals surface area (Å²) in [5, 5.41) is 10.9. The summed E-state index contributed by atoms with van der Waals surface area (Å²) in [5.41, 5.74) is 5.11. The van der Waals surface area contributed by atoms with Crippen LogP contribution >= 0.6 is 0 Å². The van der Waals surface area contributed by atoms with Crippen LogP contribution in [0.1, 0.15) is 25.7 Å². The summed E-state index contributed by atoms with van der Waals surface area (Å²) in [5.74, 6) is -2.65. The van der Waals surface area contributed by atoms with E-state index in [2.05, 4.69) is 5.16 Å². The molecule has 1 saturated heterocycles. The largest absolute Gasteiger partial charge is 0.409 e. The number of nitrogens with zero attached hydrogens (tertiary/aromatic N) is 2. The van der Waals surface area contributed by atoms with Crippen LogP contribution in [0.3, 0.4) is 0 Å². The van der Waals surface area contributed by atoms with Crippen molar-refractivity contribution in [3.8, 4) is 0 Å². The van der Waals surface area contributed by atoms with E-state index in [1.165, 1.54) is 0 Å². The maximum atomic E-state index is 12.7. The molecule has 0 saturated carbocycles. The van der Waals surface area contributed by atoms with Crippen LogP contribution < -0.4 is 5.73 Å². The number of alkyl halides is 3. The smallest absolute Gasteiger partial charge is 0.400 e. The second-order valence-corrected chi connectivity index (χ2v) is 4.33. The lowest BCUT2D eigenvalue weighted by Gasteiger charge is -2.26. The molecule has 7 heteroatoms. The molecule has 1 rings (SSSR count). The summed E-state index contributed by atoms with van der Waals surface area (Å²) in [6.45, 7) is 1.07. The van der Waals surface area contributed by atoms with E-state index < -0.39 is 17.9 Å². The lowest BCUT2D eigenvalue weighted by atomic mass is 10.1. The Morgan fingerprint density at radius 3 is 2.18 bits per heavy atom. The minimum absolute atomic E-state index is 0.223. The van der Waals surface area contributed by atoms with Crippen molar-refractivity contribution in [3.63, 3.8) is 0 Å². The van der Waals surface area contributed by atoms with Gasteiger partial charge in [-0.05, 0) is 25.9 Å². The van der Waals surface area contributed by atoms with E-state index in [0.717, 1.165) is 25.7 Å². The average Bonchev–Trinajstić information content (AvgIpc) is 2.51. The fourth-order valence-electron chi connectivity index (χ4n) is 2.01. The van der Waals surface area contributed by atoms with Crippen molar-refractivity contribution in [1.29, 1.82) is 0 Å². The number of halogens is 3. The molecule has 0 aromatic carbocycles. The third-order valence-corrected chi connectivity index (χ3v) is 3.01. The quantitative estimate of drug-likeness (QED) is 0.349. The Morgan fingerprint density at radius 2 is 1.76 bits per heavy atom. The van der Waals surface area contributed by atoms with Crippen LogP contribution in [0.5, 0.6) is 0 Å². The molecule has 0 aromatic rings.